The maximum atomic E-state index is 12.4. The molecule has 2 rings (SSSR count). The van der Waals surface area contributed by atoms with E-state index in [1.165, 1.54) is 19.1 Å². The first-order valence-corrected chi connectivity index (χ1v) is 6.90. The molecule has 0 aliphatic carbocycles. The number of aromatic nitrogens is 1. The molecule has 106 valence electrons. The van der Waals surface area contributed by atoms with Crippen LogP contribution < -0.4 is 4.74 Å². The van der Waals surface area contributed by atoms with E-state index in [4.69, 9.17) is 4.74 Å². The number of carbonyl (C=O) groups is 1. The third-order valence-electron chi connectivity index (χ3n) is 2.27. The summed E-state index contributed by atoms with van der Waals surface area (Å²) in [4.78, 5) is 15.6. The van der Waals surface area contributed by atoms with Crippen LogP contribution >= 0.6 is 27.3 Å². The standard InChI is InChI=1S/C12H7BrF3NO2S/c1-6(18)9-10(13)17-11(20-9)19-8-4-2-7(3-5-8)12(14,15)16/h2-5H,1H3. The van der Waals surface area contributed by atoms with Crippen LogP contribution in [0.1, 0.15) is 22.2 Å². The third kappa shape index (κ3) is 3.37. The zero-order valence-corrected chi connectivity index (χ0v) is 12.4. The summed E-state index contributed by atoms with van der Waals surface area (Å²) in [5, 5.41) is 0.182. The Hall–Kier alpha value is -1.41. The fourth-order valence-electron chi connectivity index (χ4n) is 1.36. The summed E-state index contributed by atoms with van der Waals surface area (Å²) in [5.41, 5.74) is -0.755. The van der Waals surface area contributed by atoms with Crippen molar-refractivity contribution in [1.29, 1.82) is 0 Å². The smallest absolute Gasteiger partial charge is 0.416 e. The molecule has 0 atom stereocenters. The van der Waals surface area contributed by atoms with Crippen LogP contribution in [0.4, 0.5) is 13.2 Å². The van der Waals surface area contributed by atoms with Crippen LogP contribution in [-0.2, 0) is 6.18 Å². The van der Waals surface area contributed by atoms with Gasteiger partial charge in [-0.15, -0.1) is 0 Å². The van der Waals surface area contributed by atoms with Crippen molar-refractivity contribution in [2.75, 3.05) is 0 Å². The van der Waals surface area contributed by atoms with Crippen molar-refractivity contribution in [2.24, 2.45) is 0 Å². The molecule has 0 aliphatic heterocycles. The number of ether oxygens (including phenoxy) is 1. The summed E-state index contributed by atoms with van der Waals surface area (Å²) in [5.74, 6) is 0.0472. The molecule has 1 aromatic heterocycles. The van der Waals surface area contributed by atoms with Gasteiger partial charge in [0.1, 0.15) is 15.2 Å². The van der Waals surface area contributed by atoms with Crippen molar-refractivity contribution < 1.29 is 22.7 Å². The quantitative estimate of drug-likeness (QED) is 0.724. The molecule has 0 saturated heterocycles. The molecule has 0 amide bonds. The molecule has 1 aromatic carbocycles. The van der Waals surface area contributed by atoms with Crippen molar-refractivity contribution in [3.8, 4) is 10.9 Å². The lowest BCUT2D eigenvalue weighted by Gasteiger charge is -2.07. The molecule has 0 bridgehead atoms. The number of halogens is 4. The first-order valence-electron chi connectivity index (χ1n) is 5.30. The van der Waals surface area contributed by atoms with Crippen LogP contribution in [0, 0.1) is 0 Å². The highest BCUT2D eigenvalue weighted by atomic mass is 79.9. The summed E-state index contributed by atoms with van der Waals surface area (Å²) in [6.07, 6.45) is -4.38. The zero-order valence-electron chi connectivity index (χ0n) is 9.99. The van der Waals surface area contributed by atoms with E-state index in [1.807, 2.05) is 0 Å². The second kappa shape index (κ2) is 5.53. The topological polar surface area (TPSA) is 39.2 Å². The molecule has 3 nitrogen and oxygen atoms in total. The van der Waals surface area contributed by atoms with Gasteiger partial charge in [0.05, 0.1) is 5.56 Å². The van der Waals surface area contributed by atoms with Gasteiger partial charge in [-0.3, -0.25) is 4.79 Å². The zero-order chi connectivity index (χ0) is 14.9. The van der Waals surface area contributed by atoms with Gasteiger partial charge in [0.15, 0.2) is 5.78 Å². The predicted molar refractivity (Wildman–Crippen MR) is 71.3 cm³/mol. The minimum Gasteiger partial charge on any atom is -0.431 e. The first kappa shape index (κ1) is 15.0. The van der Waals surface area contributed by atoms with Gasteiger partial charge in [-0.25, -0.2) is 0 Å². The lowest BCUT2D eigenvalue weighted by Crippen LogP contribution is -2.03. The summed E-state index contributed by atoms with van der Waals surface area (Å²) in [7, 11) is 0. The van der Waals surface area contributed by atoms with Crippen molar-refractivity contribution in [1.82, 2.24) is 4.98 Å². The number of nitrogens with zero attached hydrogens (tertiary/aromatic N) is 1. The van der Waals surface area contributed by atoms with Gasteiger partial charge in [-0.05, 0) is 40.2 Å². The molecule has 0 spiro atoms. The Bertz CT molecular complexity index is 637. The van der Waals surface area contributed by atoms with Crippen molar-refractivity contribution >= 4 is 33.0 Å². The van der Waals surface area contributed by atoms with Gasteiger partial charge in [0.2, 0.25) is 0 Å². The highest BCUT2D eigenvalue weighted by molar-refractivity contribution is 9.10. The minimum atomic E-state index is -4.38. The second-order valence-corrected chi connectivity index (χ2v) is 5.49. The molecule has 0 N–H and O–H groups in total. The van der Waals surface area contributed by atoms with Crippen LogP contribution in [0.15, 0.2) is 28.9 Å². The first-order chi connectivity index (χ1) is 9.27. The number of rotatable bonds is 3. The molecule has 0 saturated carbocycles. The molecular weight excluding hydrogens is 359 g/mol. The Labute approximate surface area is 124 Å². The highest BCUT2D eigenvalue weighted by Gasteiger charge is 2.30. The van der Waals surface area contributed by atoms with E-state index < -0.39 is 11.7 Å². The summed E-state index contributed by atoms with van der Waals surface area (Å²) < 4.78 is 42.9. The molecule has 8 heteroatoms. The summed E-state index contributed by atoms with van der Waals surface area (Å²) >= 11 is 4.14. The third-order valence-corrected chi connectivity index (χ3v) is 4.14. The van der Waals surface area contributed by atoms with Crippen LogP contribution in [0.2, 0.25) is 0 Å². The minimum absolute atomic E-state index is 0.170. The molecule has 0 aliphatic rings. The van der Waals surface area contributed by atoms with Crippen LogP contribution in [-0.4, -0.2) is 10.8 Å². The van der Waals surface area contributed by atoms with E-state index in [1.54, 1.807) is 0 Å². The van der Waals surface area contributed by atoms with Gasteiger partial charge in [-0.1, -0.05) is 11.3 Å². The van der Waals surface area contributed by atoms with Gasteiger partial charge in [-0.2, -0.15) is 18.2 Å². The molecule has 2 aromatic rings. The summed E-state index contributed by atoms with van der Waals surface area (Å²) in [6, 6.07) is 4.24. The van der Waals surface area contributed by atoms with E-state index in [9.17, 15) is 18.0 Å². The lowest BCUT2D eigenvalue weighted by molar-refractivity contribution is -0.137. The summed E-state index contributed by atoms with van der Waals surface area (Å²) in [6.45, 7) is 1.39. The van der Waals surface area contributed by atoms with E-state index >= 15 is 0 Å². The second-order valence-electron chi connectivity index (χ2n) is 3.78. The SMILES string of the molecule is CC(=O)c1sc(Oc2ccc(C(F)(F)F)cc2)nc1Br. The molecule has 0 fully saturated rings. The van der Waals surface area contributed by atoms with Gasteiger partial charge >= 0.3 is 6.18 Å². The Morgan fingerprint density at radius 1 is 1.30 bits per heavy atom. The normalized spacial score (nSPS) is 11.4. The fraction of sp³-hybridized carbons (Fsp3) is 0.167. The van der Waals surface area contributed by atoms with Crippen LogP contribution in [0.5, 0.6) is 10.9 Å². The van der Waals surface area contributed by atoms with Gasteiger partial charge in [0, 0.05) is 6.92 Å². The van der Waals surface area contributed by atoms with Crippen molar-refractivity contribution in [3.63, 3.8) is 0 Å². The average molecular weight is 366 g/mol. The average Bonchev–Trinajstić information content (AvgIpc) is 2.70. The molecular formula is C12H7BrF3NO2S. The van der Waals surface area contributed by atoms with E-state index in [0.29, 0.717) is 9.48 Å². The number of hydrogen-bond acceptors (Lipinski definition) is 4. The number of carbonyl (C=O) groups excluding carboxylic acids is 1. The number of alkyl halides is 3. The van der Waals surface area contributed by atoms with Crippen LogP contribution in [0.3, 0.4) is 0 Å². The monoisotopic (exact) mass is 365 g/mol. The van der Waals surface area contributed by atoms with E-state index in [0.717, 1.165) is 23.5 Å². The predicted octanol–water partition coefficient (Wildman–Crippen LogP) is 4.92. The number of hydrogen-bond donors (Lipinski definition) is 0. The Kier molecular flexibility index (Phi) is 4.14. The number of Topliss-reactive ketones (excluding diaryl/α,β-unsaturated/α-hetero) is 1. The number of ketones is 1. The van der Waals surface area contributed by atoms with Crippen molar-refractivity contribution in [2.45, 2.75) is 13.1 Å². The maximum absolute atomic E-state index is 12.4. The Morgan fingerprint density at radius 2 is 1.90 bits per heavy atom. The fourth-order valence-corrected chi connectivity index (χ4v) is 2.88. The largest absolute Gasteiger partial charge is 0.431 e. The molecule has 0 unspecified atom stereocenters. The van der Waals surface area contributed by atoms with Crippen LogP contribution in [0.25, 0.3) is 0 Å². The Balaban J connectivity index is 2.18. The number of benzene rings is 1. The van der Waals surface area contributed by atoms with Gasteiger partial charge in [0.25, 0.3) is 5.19 Å². The maximum Gasteiger partial charge on any atom is 0.416 e. The van der Waals surface area contributed by atoms with E-state index in [-0.39, 0.29) is 16.7 Å². The van der Waals surface area contributed by atoms with E-state index in [2.05, 4.69) is 20.9 Å². The molecule has 0 radical (unpaired) electrons. The molecule has 20 heavy (non-hydrogen) atoms. The lowest BCUT2D eigenvalue weighted by atomic mass is 10.2. The van der Waals surface area contributed by atoms with Crippen molar-refractivity contribution in [3.05, 3.63) is 39.3 Å². The highest BCUT2D eigenvalue weighted by Crippen LogP contribution is 2.34. The van der Waals surface area contributed by atoms with Gasteiger partial charge < -0.3 is 4.74 Å². The Morgan fingerprint density at radius 3 is 2.35 bits per heavy atom. The molecule has 1 heterocycles. The number of thiazole rings is 1.